The van der Waals surface area contributed by atoms with Crippen molar-refractivity contribution in [3.63, 3.8) is 0 Å². The van der Waals surface area contributed by atoms with Gasteiger partial charge in [0, 0.05) is 63.6 Å². The number of carbonyl (C=O) groups excluding carboxylic acids is 1. The van der Waals surface area contributed by atoms with Gasteiger partial charge in [0.15, 0.2) is 0 Å². The smallest absolute Gasteiger partial charge is 0.227 e. The summed E-state index contributed by atoms with van der Waals surface area (Å²) in [7, 11) is 2.19. The van der Waals surface area contributed by atoms with Gasteiger partial charge in [0.2, 0.25) is 5.91 Å². The van der Waals surface area contributed by atoms with Crippen LogP contribution in [0.3, 0.4) is 0 Å². The summed E-state index contributed by atoms with van der Waals surface area (Å²) in [6.45, 7) is 9.53. The van der Waals surface area contributed by atoms with E-state index >= 15 is 0 Å². The molecule has 0 spiro atoms. The Bertz CT molecular complexity index is 835. The predicted molar refractivity (Wildman–Crippen MR) is 127 cm³/mol. The minimum absolute atomic E-state index is 0.0682. The van der Waals surface area contributed by atoms with Crippen LogP contribution in [0.25, 0.3) is 0 Å². The molecule has 0 aliphatic carbocycles. The molecule has 0 bridgehead atoms. The average Bonchev–Trinajstić information content (AvgIpc) is 2.80. The van der Waals surface area contributed by atoms with E-state index in [0.717, 1.165) is 76.6 Å². The fourth-order valence-electron chi connectivity index (χ4n) is 4.38. The van der Waals surface area contributed by atoms with Crippen LogP contribution in [0, 0.1) is 12.8 Å². The maximum absolute atomic E-state index is 12.7. The first-order valence-electron chi connectivity index (χ1n) is 11.5. The lowest BCUT2D eigenvalue weighted by Crippen LogP contribution is -2.45. The third kappa shape index (κ3) is 6.05. The second-order valence-corrected chi connectivity index (χ2v) is 9.04. The number of hydrogen-bond donors (Lipinski definition) is 1. The van der Waals surface area contributed by atoms with Crippen LogP contribution >= 0.6 is 0 Å². The normalized spacial score (nSPS) is 18.8. The van der Waals surface area contributed by atoms with Crippen molar-refractivity contribution in [2.24, 2.45) is 5.92 Å². The zero-order chi connectivity index (χ0) is 21.6. The fourth-order valence-corrected chi connectivity index (χ4v) is 4.38. The van der Waals surface area contributed by atoms with E-state index in [1.54, 1.807) is 0 Å². The molecule has 0 unspecified atom stereocenters. The highest BCUT2D eigenvalue weighted by molar-refractivity contribution is 5.92. The van der Waals surface area contributed by atoms with Crippen LogP contribution in [0.2, 0.25) is 0 Å². The molecule has 1 aromatic carbocycles. The number of amides is 1. The molecule has 4 rings (SSSR count). The summed E-state index contributed by atoms with van der Waals surface area (Å²) in [5.41, 5.74) is 3.40. The van der Waals surface area contributed by atoms with Gasteiger partial charge >= 0.3 is 0 Å². The molecule has 1 N–H and O–H groups in total. The first-order chi connectivity index (χ1) is 15.1. The van der Waals surface area contributed by atoms with Gasteiger partial charge < -0.3 is 20.0 Å². The minimum Gasteiger partial charge on any atom is -0.357 e. The Morgan fingerprint density at radius 3 is 2.35 bits per heavy atom. The first kappa shape index (κ1) is 21.8. The number of aryl methyl sites for hydroxylation is 1. The quantitative estimate of drug-likeness (QED) is 0.777. The zero-order valence-corrected chi connectivity index (χ0v) is 18.9. The van der Waals surface area contributed by atoms with Crippen LogP contribution in [-0.4, -0.2) is 73.6 Å². The standard InChI is InChI=1S/C25H35N5O/c1-20-3-8-24(26-19-20)30-13-10-22(11-14-30)25(31)27-23-6-4-21(5-7-23)9-12-29-17-15-28(2)16-18-29/h3-8,19,22H,9-18H2,1-2H3,(H,27,31). The molecule has 2 aliphatic rings. The lowest BCUT2D eigenvalue weighted by molar-refractivity contribution is -0.120. The van der Waals surface area contributed by atoms with Gasteiger partial charge in [-0.2, -0.15) is 0 Å². The molecule has 6 nitrogen and oxygen atoms in total. The molecule has 6 heteroatoms. The number of piperidine rings is 1. The van der Waals surface area contributed by atoms with Gasteiger partial charge in [-0.3, -0.25) is 4.79 Å². The maximum Gasteiger partial charge on any atom is 0.227 e. The number of likely N-dealkylation sites (N-methyl/N-ethyl adjacent to an activating group) is 1. The molecule has 1 amide bonds. The molecule has 2 aliphatic heterocycles. The van der Waals surface area contributed by atoms with Gasteiger partial charge in [-0.15, -0.1) is 0 Å². The van der Waals surface area contributed by atoms with E-state index in [4.69, 9.17) is 0 Å². The largest absolute Gasteiger partial charge is 0.357 e. The van der Waals surface area contributed by atoms with Gasteiger partial charge in [-0.25, -0.2) is 4.98 Å². The Kier molecular flexibility index (Phi) is 7.20. The fraction of sp³-hybridized carbons (Fsp3) is 0.520. The maximum atomic E-state index is 12.7. The van der Waals surface area contributed by atoms with Crippen LogP contribution in [0.15, 0.2) is 42.6 Å². The molecular weight excluding hydrogens is 386 g/mol. The van der Waals surface area contributed by atoms with E-state index in [0.29, 0.717) is 0 Å². The van der Waals surface area contributed by atoms with E-state index in [-0.39, 0.29) is 11.8 Å². The molecular formula is C25H35N5O. The molecule has 0 saturated carbocycles. The van der Waals surface area contributed by atoms with Crippen molar-refractivity contribution in [3.05, 3.63) is 53.7 Å². The molecule has 1 aromatic heterocycles. The molecule has 166 valence electrons. The molecule has 0 radical (unpaired) electrons. The number of rotatable bonds is 6. The number of piperazine rings is 1. The van der Waals surface area contributed by atoms with Crippen LogP contribution in [-0.2, 0) is 11.2 Å². The van der Waals surface area contributed by atoms with E-state index in [2.05, 4.69) is 56.3 Å². The van der Waals surface area contributed by atoms with Gasteiger partial charge in [0.05, 0.1) is 0 Å². The summed E-state index contributed by atoms with van der Waals surface area (Å²) in [6, 6.07) is 12.6. The summed E-state index contributed by atoms with van der Waals surface area (Å²) in [5, 5.41) is 3.12. The van der Waals surface area contributed by atoms with Crippen LogP contribution in [0.4, 0.5) is 11.5 Å². The van der Waals surface area contributed by atoms with E-state index < -0.39 is 0 Å². The van der Waals surface area contributed by atoms with Crippen LogP contribution < -0.4 is 10.2 Å². The summed E-state index contributed by atoms with van der Waals surface area (Å²) < 4.78 is 0. The number of anilines is 2. The Hall–Kier alpha value is -2.44. The van der Waals surface area contributed by atoms with Gasteiger partial charge in [-0.1, -0.05) is 18.2 Å². The monoisotopic (exact) mass is 421 g/mol. The Morgan fingerprint density at radius 2 is 1.71 bits per heavy atom. The number of benzene rings is 1. The lowest BCUT2D eigenvalue weighted by atomic mass is 9.95. The molecule has 31 heavy (non-hydrogen) atoms. The van der Waals surface area contributed by atoms with Crippen molar-refractivity contribution in [1.82, 2.24) is 14.8 Å². The number of carbonyl (C=O) groups is 1. The second kappa shape index (κ2) is 10.2. The predicted octanol–water partition coefficient (Wildman–Crippen LogP) is 3.04. The molecule has 2 aromatic rings. The highest BCUT2D eigenvalue weighted by Crippen LogP contribution is 2.23. The van der Waals surface area contributed by atoms with Crippen LogP contribution in [0.1, 0.15) is 24.0 Å². The summed E-state index contributed by atoms with van der Waals surface area (Å²) in [4.78, 5) is 24.5. The highest BCUT2D eigenvalue weighted by atomic mass is 16.1. The number of pyridine rings is 1. The number of nitrogens with zero attached hydrogens (tertiary/aromatic N) is 4. The molecule has 3 heterocycles. The third-order valence-electron chi connectivity index (χ3n) is 6.62. The van der Waals surface area contributed by atoms with Crippen LogP contribution in [0.5, 0.6) is 0 Å². The number of aromatic nitrogens is 1. The van der Waals surface area contributed by atoms with E-state index in [9.17, 15) is 4.79 Å². The molecule has 0 atom stereocenters. The van der Waals surface area contributed by atoms with Crippen molar-refractivity contribution in [1.29, 1.82) is 0 Å². The summed E-state index contributed by atoms with van der Waals surface area (Å²) in [5.74, 6) is 1.22. The second-order valence-electron chi connectivity index (χ2n) is 9.04. The number of nitrogens with one attached hydrogen (secondary N) is 1. The zero-order valence-electron chi connectivity index (χ0n) is 18.9. The Morgan fingerprint density at radius 1 is 1.00 bits per heavy atom. The van der Waals surface area contributed by atoms with Crippen molar-refractivity contribution < 1.29 is 4.79 Å². The van der Waals surface area contributed by atoms with Gasteiger partial charge in [0.1, 0.15) is 5.82 Å². The van der Waals surface area contributed by atoms with Gasteiger partial charge in [-0.05, 0) is 62.6 Å². The van der Waals surface area contributed by atoms with Gasteiger partial charge in [0.25, 0.3) is 0 Å². The topological polar surface area (TPSA) is 51.7 Å². The van der Waals surface area contributed by atoms with Crippen molar-refractivity contribution in [2.75, 3.05) is 63.1 Å². The summed E-state index contributed by atoms with van der Waals surface area (Å²) in [6.07, 6.45) is 4.70. The SMILES string of the molecule is Cc1ccc(N2CCC(C(=O)Nc3ccc(CCN4CCN(C)CC4)cc3)CC2)nc1. The molecule has 2 saturated heterocycles. The highest BCUT2D eigenvalue weighted by Gasteiger charge is 2.25. The van der Waals surface area contributed by atoms with Crippen molar-refractivity contribution in [3.8, 4) is 0 Å². The molecule has 2 fully saturated rings. The van der Waals surface area contributed by atoms with E-state index in [1.807, 2.05) is 25.3 Å². The third-order valence-corrected chi connectivity index (χ3v) is 6.62. The average molecular weight is 422 g/mol. The van der Waals surface area contributed by atoms with Crippen molar-refractivity contribution >= 4 is 17.4 Å². The van der Waals surface area contributed by atoms with E-state index in [1.165, 1.54) is 11.1 Å². The minimum atomic E-state index is 0.0682. The lowest BCUT2D eigenvalue weighted by Gasteiger charge is -2.32. The Balaban J connectivity index is 1.21. The Labute approximate surface area is 186 Å². The summed E-state index contributed by atoms with van der Waals surface area (Å²) >= 11 is 0. The van der Waals surface area contributed by atoms with Crippen molar-refractivity contribution in [2.45, 2.75) is 26.2 Å². The number of hydrogen-bond acceptors (Lipinski definition) is 5. The first-order valence-corrected chi connectivity index (χ1v) is 11.5.